The van der Waals surface area contributed by atoms with Crippen LogP contribution in [0.3, 0.4) is 0 Å². The number of nitrogens with zero attached hydrogens (tertiary/aromatic N) is 4. The van der Waals surface area contributed by atoms with E-state index in [1.165, 1.54) is 21.5 Å². The highest BCUT2D eigenvalue weighted by atomic mass is 16.5. The maximum atomic E-state index is 12.0. The highest BCUT2D eigenvalue weighted by Gasteiger charge is 2.25. The summed E-state index contributed by atoms with van der Waals surface area (Å²) in [4.78, 5) is 15.9. The molecule has 2 aromatic heterocycles. The van der Waals surface area contributed by atoms with Crippen LogP contribution in [0.4, 0.5) is 0 Å². The van der Waals surface area contributed by atoms with Gasteiger partial charge in [-0.15, -0.1) is 5.10 Å². The first kappa shape index (κ1) is 11.4. The van der Waals surface area contributed by atoms with Crippen molar-refractivity contribution in [3.8, 4) is 0 Å². The van der Waals surface area contributed by atoms with Gasteiger partial charge in [-0.05, 0) is 6.42 Å². The second-order valence-electron chi connectivity index (χ2n) is 4.46. The van der Waals surface area contributed by atoms with E-state index >= 15 is 0 Å². The Kier molecular flexibility index (Phi) is 2.85. The number of aliphatic hydroxyl groups is 1. The summed E-state index contributed by atoms with van der Waals surface area (Å²) in [6.45, 7) is 1.41. The topological polar surface area (TPSA) is 81.7 Å². The summed E-state index contributed by atoms with van der Waals surface area (Å²) in [6, 6.07) is 0. The molecule has 18 heavy (non-hydrogen) atoms. The molecule has 0 bridgehead atoms. The fourth-order valence-electron chi connectivity index (χ4n) is 2.18. The summed E-state index contributed by atoms with van der Waals surface area (Å²) in [6.07, 6.45) is 4.82. The van der Waals surface area contributed by atoms with Crippen LogP contribution in [0.5, 0.6) is 0 Å². The molecule has 96 valence electrons. The second kappa shape index (κ2) is 4.51. The van der Waals surface area contributed by atoms with Crippen LogP contribution in [0.1, 0.15) is 6.42 Å². The molecule has 3 heterocycles. The fourth-order valence-corrected chi connectivity index (χ4v) is 2.18. The van der Waals surface area contributed by atoms with Gasteiger partial charge in [0.1, 0.15) is 0 Å². The van der Waals surface area contributed by atoms with Crippen molar-refractivity contribution in [2.45, 2.75) is 19.1 Å². The van der Waals surface area contributed by atoms with Crippen molar-refractivity contribution in [1.82, 2.24) is 19.2 Å². The van der Waals surface area contributed by atoms with Crippen LogP contribution in [-0.4, -0.2) is 43.6 Å². The third kappa shape index (κ3) is 1.91. The van der Waals surface area contributed by atoms with Gasteiger partial charge in [-0.1, -0.05) is 0 Å². The molecule has 0 aliphatic carbocycles. The molecule has 1 N–H and O–H groups in total. The van der Waals surface area contributed by atoms with Crippen molar-refractivity contribution in [2.24, 2.45) is 5.92 Å². The lowest BCUT2D eigenvalue weighted by Gasteiger charge is -2.15. The third-order valence-electron chi connectivity index (χ3n) is 3.26. The number of aromatic nitrogens is 4. The Morgan fingerprint density at radius 2 is 2.50 bits per heavy atom. The summed E-state index contributed by atoms with van der Waals surface area (Å²) in [7, 11) is 0. The summed E-state index contributed by atoms with van der Waals surface area (Å²) >= 11 is 0. The first-order valence-electron chi connectivity index (χ1n) is 5.91. The summed E-state index contributed by atoms with van der Waals surface area (Å²) in [5, 5.41) is 14.2. The van der Waals surface area contributed by atoms with Gasteiger partial charge < -0.3 is 9.84 Å². The Balaban J connectivity index is 1.86. The molecule has 0 aromatic carbocycles. The molecule has 3 rings (SSSR count). The van der Waals surface area contributed by atoms with E-state index in [1.54, 1.807) is 6.20 Å². The lowest BCUT2D eigenvalue weighted by molar-refractivity contribution is 0.0739. The Labute approximate surface area is 103 Å². The highest BCUT2D eigenvalue weighted by molar-refractivity contribution is 5.31. The van der Waals surface area contributed by atoms with Crippen LogP contribution in [0, 0.1) is 5.92 Å². The molecule has 1 aliphatic rings. The van der Waals surface area contributed by atoms with Crippen LogP contribution < -0.4 is 5.69 Å². The smallest absolute Gasteiger partial charge is 0.350 e. The average molecular weight is 250 g/mol. The SMILES string of the molecule is O=c1n(CC(O)C2CCOC2)nc2cnccn12. The molecule has 7 heteroatoms. The minimum absolute atomic E-state index is 0.0832. The van der Waals surface area contributed by atoms with E-state index in [-0.39, 0.29) is 18.2 Å². The molecular weight excluding hydrogens is 236 g/mol. The Morgan fingerprint density at radius 1 is 1.61 bits per heavy atom. The molecule has 7 nitrogen and oxygen atoms in total. The molecule has 2 atom stereocenters. The van der Waals surface area contributed by atoms with Gasteiger partial charge in [0.15, 0.2) is 5.65 Å². The van der Waals surface area contributed by atoms with Crippen molar-refractivity contribution >= 4 is 5.65 Å². The van der Waals surface area contributed by atoms with Gasteiger partial charge in [0.05, 0.1) is 25.5 Å². The van der Waals surface area contributed by atoms with Crippen LogP contribution in [0.15, 0.2) is 23.4 Å². The number of hydrogen-bond donors (Lipinski definition) is 1. The van der Waals surface area contributed by atoms with E-state index < -0.39 is 6.10 Å². The van der Waals surface area contributed by atoms with Gasteiger partial charge in [0.2, 0.25) is 0 Å². The molecule has 1 saturated heterocycles. The fraction of sp³-hybridized carbons (Fsp3) is 0.545. The van der Waals surface area contributed by atoms with Gasteiger partial charge in [0.25, 0.3) is 0 Å². The van der Waals surface area contributed by atoms with Crippen molar-refractivity contribution in [3.63, 3.8) is 0 Å². The number of aliphatic hydroxyl groups excluding tert-OH is 1. The highest BCUT2D eigenvalue weighted by Crippen LogP contribution is 2.17. The van der Waals surface area contributed by atoms with Gasteiger partial charge in [-0.3, -0.25) is 4.98 Å². The largest absolute Gasteiger partial charge is 0.391 e. The van der Waals surface area contributed by atoms with Crippen LogP contribution in [0.2, 0.25) is 0 Å². The number of rotatable bonds is 3. The zero-order valence-corrected chi connectivity index (χ0v) is 9.77. The number of hydrogen-bond acceptors (Lipinski definition) is 5. The van der Waals surface area contributed by atoms with Gasteiger partial charge >= 0.3 is 5.69 Å². The van der Waals surface area contributed by atoms with Gasteiger partial charge in [0, 0.05) is 24.9 Å². The Bertz CT molecular complexity index is 600. The molecular formula is C11H14N4O3. The predicted octanol–water partition coefficient (Wildman–Crippen LogP) is -0.712. The first-order valence-corrected chi connectivity index (χ1v) is 5.91. The Hall–Kier alpha value is -1.73. The summed E-state index contributed by atoms with van der Waals surface area (Å²) in [5.74, 6) is 0.0832. The average Bonchev–Trinajstić information content (AvgIpc) is 3.00. The van der Waals surface area contributed by atoms with Crippen molar-refractivity contribution < 1.29 is 9.84 Å². The summed E-state index contributed by atoms with van der Waals surface area (Å²) < 4.78 is 7.91. The van der Waals surface area contributed by atoms with E-state index in [9.17, 15) is 9.90 Å². The summed E-state index contributed by atoms with van der Waals surface area (Å²) in [5.41, 5.74) is 0.225. The van der Waals surface area contributed by atoms with Crippen molar-refractivity contribution in [3.05, 3.63) is 29.1 Å². The van der Waals surface area contributed by atoms with Gasteiger partial charge in [-0.25, -0.2) is 13.9 Å². The third-order valence-corrected chi connectivity index (χ3v) is 3.26. The number of ether oxygens (including phenoxy) is 1. The molecule has 0 radical (unpaired) electrons. The second-order valence-corrected chi connectivity index (χ2v) is 4.46. The minimum atomic E-state index is -0.608. The van der Waals surface area contributed by atoms with Crippen molar-refractivity contribution in [1.29, 1.82) is 0 Å². The van der Waals surface area contributed by atoms with Crippen LogP contribution >= 0.6 is 0 Å². The van der Waals surface area contributed by atoms with Crippen LogP contribution in [0.25, 0.3) is 5.65 Å². The maximum absolute atomic E-state index is 12.0. The van der Waals surface area contributed by atoms with Crippen LogP contribution in [-0.2, 0) is 11.3 Å². The first-order chi connectivity index (χ1) is 8.75. The monoisotopic (exact) mass is 250 g/mol. The standard InChI is InChI=1S/C11H14N4O3/c16-9(8-1-4-18-7-8)6-15-11(17)14-3-2-12-5-10(14)13-15/h2-3,5,8-9,16H,1,4,6-7H2. The molecule has 0 spiro atoms. The van der Waals surface area contributed by atoms with E-state index in [0.717, 1.165) is 6.42 Å². The molecule has 2 unspecified atom stereocenters. The lowest BCUT2D eigenvalue weighted by Crippen LogP contribution is -2.32. The number of fused-ring (bicyclic) bond motifs is 1. The zero-order chi connectivity index (χ0) is 12.5. The minimum Gasteiger partial charge on any atom is -0.391 e. The van der Waals surface area contributed by atoms with Crippen molar-refractivity contribution in [2.75, 3.05) is 13.2 Å². The Morgan fingerprint density at radius 3 is 3.22 bits per heavy atom. The lowest BCUT2D eigenvalue weighted by atomic mass is 10.0. The van der Waals surface area contributed by atoms with E-state index in [2.05, 4.69) is 10.1 Å². The molecule has 2 aromatic rings. The quantitative estimate of drug-likeness (QED) is 0.778. The maximum Gasteiger partial charge on any atom is 0.350 e. The van der Waals surface area contributed by atoms with Gasteiger partial charge in [-0.2, -0.15) is 0 Å². The predicted molar refractivity (Wildman–Crippen MR) is 62.2 cm³/mol. The zero-order valence-electron chi connectivity index (χ0n) is 9.77. The molecule has 1 aliphatic heterocycles. The van der Waals surface area contributed by atoms with E-state index in [4.69, 9.17) is 4.74 Å². The molecule has 0 amide bonds. The normalized spacial score (nSPS) is 21.5. The van der Waals surface area contributed by atoms with E-state index in [1.807, 2.05) is 0 Å². The van der Waals surface area contributed by atoms with E-state index in [0.29, 0.717) is 18.9 Å². The molecule has 0 saturated carbocycles. The molecule has 1 fully saturated rings.